The molecule has 12 heavy (non-hydrogen) atoms. The topological polar surface area (TPSA) is 24.5 Å². The van der Waals surface area contributed by atoms with Gasteiger partial charge in [-0.15, -0.1) is 0 Å². The molecule has 3 heteroatoms. The molecule has 1 atom stereocenters. The predicted molar refractivity (Wildman–Crippen MR) is 48.3 cm³/mol. The number of ether oxygens (including phenoxy) is 1. The van der Waals surface area contributed by atoms with Crippen molar-refractivity contribution in [3.63, 3.8) is 0 Å². The summed E-state index contributed by atoms with van der Waals surface area (Å²) in [4.78, 5) is 2.57. The predicted octanol–water partition coefficient (Wildman–Crippen LogP) is 0.0706. The normalized spacial score (nSPS) is 33.5. The molecule has 1 N–H and O–H groups in total. The molecule has 0 radical (unpaired) electrons. The molecule has 70 valence electrons. The van der Waals surface area contributed by atoms with Crippen LogP contribution < -0.4 is 5.32 Å². The molecule has 0 aliphatic carbocycles. The Labute approximate surface area is 74.1 Å². The van der Waals surface area contributed by atoms with E-state index >= 15 is 0 Å². The van der Waals surface area contributed by atoms with Gasteiger partial charge < -0.3 is 10.1 Å². The van der Waals surface area contributed by atoms with Crippen LogP contribution in [0, 0.1) is 0 Å². The van der Waals surface area contributed by atoms with Crippen LogP contribution in [-0.4, -0.2) is 50.3 Å². The van der Waals surface area contributed by atoms with Crippen LogP contribution in [0.25, 0.3) is 0 Å². The Bertz CT molecular complexity index is 112. The van der Waals surface area contributed by atoms with Crippen molar-refractivity contribution in [2.75, 3.05) is 39.4 Å². The van der Waals surface area contributed by atoms with E-state index in [1.165, 1.54) is 25.9 Å². The molecule has 2 saturated heterocycles. The molecular formula is C9H18N2O. The van der Waals surface area contributed by atoms with E-state index in [0.717, 1.165) is 32.3 Å². The number of hydrogen-bond donors (Lipinski definition) is 1. The smallest absolute Gasteiger partial charge is 0.0594 e. The van der Waals surface area contributed by atoms with Crippen LogP contribution in [0.1, 0.15) is 12.8 Å². The number of nitrogens with one attached hydrogen (secondary N) is 1. The quantitative estimate of drug-likeness (QED) is 0.603. The molecule has 0 aromatic heterocycles. The van der Waals surface area contributed by atoms with Crippen LogP contribution in [-0.2, 0) is 4.74 Å². The van der Waals surface area contributed by atoms with Crippen molar-refractivity contribution < 1.29 is 4.74 Å². The second-order valence-corrected chi connectivity index (χ2v) is 3.65. The lowest BCUT2D eigenvalue weighted by Crippen LogP contribution is -2.50. The number of rotatable bonds is 1. The summed E-state index contributed by atoms with van der Waals surface area (Å²) in [6, 6.07) is 0.780. The van der Waals surface area contributed by atoms with Crippen molar-refractivity contribution in [1.29, 1.82) is 0 Å². The van der Waals surface area contributed by atoms with Crippen molar-refractivity contribution in [3.8, 4) is 0 Å². The first-order valence-electron chi connectivity index (χ1n) is 4.99. The fourth-order valence-corrected chi connectivity index (χ4v) is 2.09. The highest BCUT2D eigenvalue weighted by Gasteiger charge is 2.21. The van der Waals surface area contributed by atoms with Crippen molar-refractivity contribution >= 4 is 0 Å². The molecule has 0 aromatic carbocycles. The van der Waals surface area contributed by atoms with E-state index in [1.54, 1.807) is 0 Å². The molecule has 0 spiro atoms. The van der Waals surface area contributed by atoms with Gasteiger partial charge in [0.2, 0.25) is 0 Å². The van der Waals surface area contributed by atoms with Crippen LogP contribution in [0.15, 0.2) is 0 Å². The Hall–Kier alpha value is -0.120. The summed E-state index contributed by atoms with van der Waals surface area (Å²) < 4.78 is 5.33. The molecule has 2 fully saturated rings. The highest BCUT2D eigenvalue weighted by Crippen LogP contribution is 2.11. The van der Waals surface area contributed by atoms with E-state index < -0.39 is 0 Å². The highest BCUT2D eigenvalue weighted by atomic mass is 16.5. The molecule has 0 saturated carbocycles. The summed E-state index contributed by atoms with van der Waals surface area (Å²) in [5.41, 5.74) is 0. The van der Waals surface area contributed by atoms with Crippen molar-refractivity contribution in [2.24, 2.45) is 0 Å². The van der Waals surface area contributed by atoms with Gasteiger partial charge >= 0.3 is 0 Å². The van der Waals surface area contributed by atoms with E-state index in [-0.39, 0.29) is 0 Å². The minimum absolute atomic E-state index is 0.780. The SMILES string of the molecule is C1CNCC(N2CCOCC2)C1. The second kappa shape index (κ2) is 4.21. The first-order chi connectivity index (χ1) is 5.97. The summed E-state index contributed by atoms with van der Waals surface area (Å²) in [6.07, 6.45) is 2.70. The number of nitrogens with zero attached hydrogens (tertiary/aromatic N) is 1. The maximum Gasteiger partial charge on any atom is 0.0594 e. The third-order valence-electron chi connectivity index (χ3n) is 2.83. The molecule has 1 unspecified atom stereocenters. The number of morpholine rings is 1. The number of piperidine rings is 1. The zero-order chi connectivity index (χ0) is 8.23. The maximum atomic E-state index is 5.33. The first-order valence-corrected chi connectivity index (χ1v) is 4.99. The van der Waals surface area contributed by atoms with Gasteiger partial charge in [0.05, 0.1) is 13.2 Å². The Morgan fingerprint density at radius 3 is 2.75 bits per heavy atom. The van der Waals surface area contributed by atoms with Gasteiger partial charge in [0.15, 0.2) is 0 Å². The molecule has 2 rings (SSSR count). The van der Waals surface area contributed by atoms with E-state index in [0.29, 0.717) is 0 Å². The third-order valence-corrected chi connectivity index (χ3v) is 2.83. The average molecular weight is 170 g/mol. The zero-order valence-corrected chi connectivity index (χ0v) is 7.59. The van der Waals surface area contributed by atoms with Crippen molar-refractivity contribution in [2.45, 2.75) is 18.9 Å². The maximum absolute atomic E-state index is 5.33. The monoisotopic (exact) mass is 170 g/mol. The lowest BCUT2D eigenvalue weighted by atomic mass is 10.1. The van der Waals surface area contributed by atoms with Gasteiger partial charge in [-0.25, -0.2) is 0 Å². The Kier molecular flexibility index (Phi) is 2.98. The second-order valence-electron chi connectivity index (χ2n) is 3.65. The van der Waals surface area contributed by atoms with Crippen LogP contribution in [0.5, 0.6) is 0 Å². The molecule has 2 aliphatic heterocycles. The van der Waals surface area contributed by atoms with Gasteiger partial charge in [0, 0.05) is 25.7 Å². The van der Waals surface area contributed by atoms with Gasteiger partial charge in [-0.2, -0.15) is 0 Å². The Morgan fingerprint density at radius 2 is 2.08 bits per heavy atom. The summed E-state index contributed by atoms with van der Waals surface area (Å²) in [5, 5.41) is 3.45. The minimum Gasteiger partial charge on any atom is -0.379 e. The molecule has 2 heterocycles. The van der Waals surface area contributed by atoms with Crippen molar-refractivity contribution in [1.82, 2.24) is 10.2 Å². The molecule has 3 nitrogen and oxygen atoms in total. The molecule has 0 aromatic rings. The zero-order valence-electron chi connectivity index (χ0n) is 7.59. The minimum atomic E-state index is 0.780. The lowest BCUT2D eigenvalue weighted by Gasteiger charge is -2.36. The van der Waals surface area contributed by atoms with Crippen LogP contribution in [0.2, 0.25) is 0 Å². The van der Waals surface area contributed by atoms with E-state index in [4.69, 9.17) is 4.74 Å². The summed E-state index contributed by atoms with van der Waals surface area (Å²) in [5.74, 6) is 0. The lowest BCUT2D eigenvalue weighted by molar-refractivity contribution is 0.0116. The van der Waals surface area contributed by atoms with E-state index in [9.17, 15) is 0 Å². The Morgan fingerprint density at radius 1 is 1.25 bits per heavy atom. The summed E-state index contributed by atoms with van der Waals surface area (Å²) in [7, 11) is 0. The number of hydrogen-bond acceptors (Lipinski definition) is 3. The van der Waals surface area contributed by atoms with Gasteiger partial charge in [-0.1, -0.05) is 0 Å². The first kappa shape index (κ1) is 8.48. The van der Waals surface area contributed by atoms with Gasteiger partial charge in [-0.3, -0.25) is 4.90 Å². The highest BCUT2D eigenvalue weighted by molar-refractivity contribution is 4.79. The van der Waals surface area contributed by atoms with Crippen LogP contribution in [0.3, 0.4) is 0 Å². The van der Waals surface area contributed by atoms with Gasteiger partial charge in [0.25, 0.3) is 0 Å². The molecule has 0 bridgehead atoms. The van der Waals surface area contributed by atoms with E-state index in [1.807, 2.05) is 0 Å². The average Bonchev–Trinajstić information content (AvgIpc) is 2.21. The fraction of sp³-hybridized carbons (Fsp3) is 1.00. The van der Waals surface area contributed by atoms with Crippen molar-refractivity contribution in [3.05, 3.63) is 0 Å². The van der Waals surface area contributed by atoms with Gasteiger partial charge in [-0.05, 0) is 19.4 Å². The molecule has 2 aliphatic rings. The van der Waals surface area contributed by atoms with Crippen LogP contribution >= 0.6 is 0 Å². The van der Waals surface area contributed by atoms with Gasteiger partial charge in [0.1, 0.15) is 0 Å². The largest absolute Gasteiger partial charge is 0.379 e. The molecular weight excluding hydrogens is 152 g/mol. The van der Waals surface area contributed by atoms with E-state index in [2.05, 4.69) is 10.2 Å². The standard InChI is InChI=1S/C9H18N2O/c1-2-9(8-10-3-1)11-4-6-12-7-5-11/h9-10H,1-8H2. The molecule has 0 amide bonds. The van der Waals surface area contributed by atoms with Crippen LogP contribution in [0.4, 0.5) is 0 Å². The third kappa shape index (κ3) is 1.97. The fourth-order valence-electron chi connectivity index (χ4n) is 2.09. The summed E-state index contributed by atoms with van der Waals surface area (Å²) in [6.45, 7) is 6.51. The Balaban J connectivity index is 1.80. The summed E-state index contributed by atoms with van der Waals surface area (Å²) >= 11 is 0.